The topological polar surface area (TPSA) is 58.6 Å². The summed E-state index contributed by atoms with van der Waals surface area (Å²) in [5.74, 6) is 0.632. The first-order chi connectivity index (χ1) is 10.1. The van der Waals surface area contributed by atoms with Gasteiger partial charge in [-0.25, -0.2) is 0 Å². The van der Waals surface area contributed by atoms with Crippen LogP contribution in [0.2, 0.25) is 0 Å². The Morgan fingerprint density at radius 1 is 1.29 bits per heavy atom. The number of ether oxygens (including phenoxy) is 1. The molecule has 1 aliphatic rings. The van der Waals surface area contributed by atoms with Gasteiger partial charge in [-0.15, -0.1) is 0 Å². The van der Waals surface area contributed by atoms with E-state index in [1.54, 1.807) is 19.2 Å². The van der Waals surface area contributed by atoms with Gasteiger partial charge in [-0.1, -0.05) is 6.07 Å². The van der Waals surface area contributed by atoms with Crippen LogP contribution in [0.3, 0.4) is 0 Å². The molecule has 2 rings (SSSR count). The SMILES string of the molecule is COc1cc(C(=O)NCCC(=O)N2CCCC2)ccc1C. The fraction of sp³-hybridized carbons (Fsp3) is 0.500. The summed E-state index contributed by atoms with van der Waals surface area (Å²) in [6, 6.07) is 5.32. The van der Waals surface area contributed by atoms with Gasteiger partial charge in [0.25, 0.3) is 5.91 Å². The van der Waals surface area contributed by atoms with E-state index in [0.29, 0.717) is 24.3 Å². The zero-order chi connectivity index (χ0) is 15.2. The largest absolute Gasteiger partial charge is 0.496 e. The number of carbonyl (C=O) groups is 2. The smallest absolute Gasteiger partial charge is 0.251 e. The molecule has 5 heteroatoms. The van der Waals surface area contributed by atoms with E-state index >= 15 is 0 Å². The molecular weight excluding hydrogens is 268 g/mol. The van der Waals surface area contributed by atoms with E-state index in [9.17, 15) is 9.59 Å². The molecule has 0 aromatic heterocycles. The molecule has 0 spiro atoms. The number of benzene rings is 1. The number of amides is 2. The minimum atomic E-state index is -0.178. The molecule has 0 bridgehead atoms. The first-order valence-corrected chi connectivity index (χ1v) is 7.32. The van der Waals surface area contributed by atoms with Crippen molar-refractivity contribution in [3.05, 3.63) is 29.3 Å². The molecule has 1 aromatic rings. The van der Waals surface area contributed by atoms with Crippen molar-refractivity contribution in [3.8, 4) is 5.75 Å². The van der Waals surface area contributed by atoms with Crippen LogP contribution >= 0.6 is 0 Å². The van der Waals surface area contributed by atoms with Crippen molar-refractivity contribution in [1.82, 2.24) is 10.2 Å². The van der Waals surface area contributed by atoms with Crippen LogP contribution in [-0.2, 0) is 4.79 Å². The molecule has 114 valence electrons. The third-order valence-corrected chi connectivity index (χ3v) is 3.75. The molecule has 1 aromatic carbocycles. The number of aryl methyl sites for hydroxylation is 1. The summed E-state index contributed by atoms with van der Waals surface area (Å²) in [6.07, 6.45) is 2.53. The molecule has 0 aliphatic carbocycles. The average molecular weight is 290 g/mol. The second kappa shape index (κ2) is 7.11. The van der Waals surface area contributed by atoms with Crippen molar-refractivity contribution >= 4 is 11.8 Å². The summed E-state index contributed by atoms with van der Waals surface area (Å²) in [5, 5.41) is 2.78. The van der Waals surface area contributed by atoms with Crippen LogP contribution in [0.25, 0.3) is 0 Å². The number of hydrogen-bond donors (Lipinski definition) is 1. The van der Waals surface area contributed by atoms with E-state index in [2.05, 4.69) is 5.32 Å². The Bertz CT molecular complexity index is 522. The Balaban J connectivity index is 1.82. The molecule has 0 radical (unpaired) electrons. The van der Waals surface area contributed by atoms with Gasteiger partial charge < -0.3 is 15.0 Å². The molecule has 1 aliphatic heterocycles. The van der Waals surface area contributed by atoms with Crippen molar-refractivity contribution in [1.29, 1.82) is 0 Å². The van der Waals surface area contributed by atoms with Crippen LogP contribution in [0.1, 0.15) is 35.2 Å². The number of nitrogens with zero attached hydrogens (tertiary/aromatic N) is 1. The summed E-state index contributed by atoms with van der Waals surface area (Å²) in [5.41, 5.74) is 1.53. The highest BCUT2D eigenvalue weighted by Gasteiger charge is 2.17. The Morgan fingerprint density at radius 3 is 2.67 bits per heavy atom. The van der Waals surface area contributed by atoms with Crippen LogP contribution in [0.5, 0.6) is 5.75 Å². The minimum Gasteiger partial charge on any atom is -0.496 e. The fourth-order valence-electron chi connectivity index (χ4n) is 2.47. The van der Waals surface area contributed by atoms with Crippen molar-refractivity contribution in [2.75, 3.05) is 26.7 Å². The van der Waals surface area contributed by atoms with E-state index < -0.39 is 0 Å². The first kappa shape index (κ1) is 15.4. The van der Waals surface area contributed by atoms with Gasteiger partial charge in [0.05, 0.1) is 7.11 Å². The second-order valence-electron chi connectivity index (χ2n) is 5.28. The van der Waals surface area contributed by atoms with Crippen molar-refractivity contribution in [3.63, 3.8) is 0 Å². The van der Waals surface area contributed by atoms with Gasteiger partial charge >= 0.3 is 0 Å². The molecule has 5 nitrogen and oxygen atoms in total. The lowest BCUT2D eigenvalue weighted by Gasteiger charge is -2.15. The standard InChI is InChI=1S/C16H22N2O3/c1-12-5-6-13(11-14(12)21-2)16(20)17-8-7-15(19)18-9-3-4-10-18/h5-6,11H,3-4,7-10H2,1-2H3,(H,17,20). The predicted molar refractivity (Wildman–Crippen MR) is 80.5 cm³/mol. The Kier molecular flexibility index (Phi) is 5.20. The maximum absolute atomic E-state index is 12.0. The predicted octanol–water partition coefficient (Wildman–Crippen LogP) is 1.75. The van der Waals surface area contributed by atoms with Crippen molar-refractivity contribution < 1.29 is 14.3 Å². The number of carbonyl (C=O) groups excluding carboxylic acids is 2. The van der Waals surface area contributed by atoms with Crippen LogP contribution in [0.4, 0.5) is 0 Å². The number of hydrogen-bond acceptors (Lipinski definition) is 3. The maximum atomic E-state index is 12.0. The van der Waals surface area contributed by atoms with E-state index in [-0.39, 0.29) is 11.8 Å². The van der Waals surface area contributed by atoms with Crippen LogP contribution in [0, 0.1) is 6.92 Å². The third kappa shape index (κ3) is 3.97. The lowest BCUT2D eigenvalue weighted by atomic mass is 10.1. The Hall–Kier alpha value is -2.04. The number of rotatable bonds is 5. The zero-order valence-corrected chi connectivity index (χ0v) is 12.6. The van der Waals surface area contributed by atoms with Crippen LogP contribution < -0.4 is 10.1 Å². The second-order valence-corrected chi connectivity index (χ2v) is 5.28. The van der Waals surface area contributed by atoms with Gasteiger partial charge in [0.2, 0.25) is 5.91 Å². The summed E-state index contributed by atoms with van der Waals surface area (Å²) >= 11 is 0. The van der Waals surface area contributed by atoms with E-state index in [4.69, 9.17) is 4.74 Å². The maximum Gasteiger partial charge on any atom is 0.251 e. The highest BCUT2D eigenvalue weighted by Crippen LogP contribution is 2.18. The van der Waals surface area contributed by atoms with Gasteiger partial charge in [0.1, 0.15) is 5.75 Å². The lowest BCUT2D eigenvalue weighted by Crippen LogP contribution is -2.32. The monoisotopic (exact) mass is 290 g/mol. The molecule has 1 fully saturated rings. The first-order valence-electron chi connectivity index (χ1n) is 7.32. The van der Waals surface area contributed by atoms with Crippen molar-refractivity contribution in [2.24, 2.45) is 0 Å². The molecular formula is C16H22N2O3. The van der Waals surface area contributed by atoms with Gasteiger partial charge in [0, 0.05) is 31.6 Å². The quantitative estimate of drug-likeness (QED) is 0.898. The molecule has 0 saturated carbocycles. The summed E-state index contributed by atoms with van der Waals surface area (Å²) in [6.45, 7) is 3.99. The van der Waals surface area contributed by atoms with Crippen LogP contribution in [0.15, 0.2) is 18.2 Å². The lowest BCUT2D eigenvalue weighted by molar-refractivity contribution is -0.129. The highest BCUT2D eigenvalue weighted by atomic mass is 16.5. The number of likely N-dealkylation sites (tertiary alicyclic amines) is 1. The highest BCUT2D eigenvalue weighted by molar-refractivity contribution is 5.95. The van der Waals surface area contributed by atoms with E-state index in [0.717, 1.165) is 31.5 Å². The Labute approximate surface area is 125 Å². The van der Waals surface area contributed by atoms with Gasteiger partial charge in [0.15, 0.2) is 0 Å². The normalized spacial score (nSPS) is 14.1. The van der Waals surface area contributed by atoms with Gasteiger partial charge in [-0.05, 0) is 37.5 Å². The third-order valence-electron chi connectivity index (χ3n) is 3.75. The Morgan fingerprint density at radius 2 is 2.00 bits per heavy atom. The van der Waals surface area contributed by atoms with E-state index in [1.807, 2.05) is 17.9 Å². The fourth-order valence-corrected chi connectivity index (χ4v) is 2.47. The molecule has 21 heavy (non-hydrogen) atoms. The van der Waals surface area contributed by atoms with Gasteiger partial charge in [-0.3, -0.25) is 9.59 Å². The molecule has 2 amide bonds. The van der Waals surface area contributed by atoms with Gasteiger partial charge in [-0.2, -0.15) is 0 Å². The van der Waals surface area contributed by atoms with Crippen LogP contribution in [-0.4, -0.2) is 43.5 Å². The minimum absolute atomic E-state index is 0.120. The molecule has 1 N–H and O–H groups in total. The molecule has 0 atom stereocenters. The summed E-state index contributed by atoms with van der Waals surface area (Å²) in [4.78, 5) is 25.8. The number of methoxy groups -OCH3 is 1. The molecule has 1 heterocycles. The molecule has 0 unspecified atom stereocenters. The van der Waals surface area contributed by atoms with E-state index in [1.165, 1.54) is 0 Å². The average Bonchev–Trinajstić information content (AvgIpc) is 3.01. The van der Waals surface area contributed by atoms with Crippen molar-refractivity contribution in [2.45, 2.75) is 26.2 Å². The summed E-state index contributed by atoms with van der Waals surface area (Å²) in [7, 11) is 1.58. The number of nitrogens with one attached hydrogen (secondary N) is 1. The summed E-state index contributed by atoms with van der Waals surface area (Å²) < 4.78 is 5.21. The molecule has 1 saturated heterocycles. The zero-order valence-electron chi connectivity index (χ0n) is 12.6.